The standard InChI is InChI=1S/C18H20N2O2/c1-14-7-8-16(11-12-19-17(21)9-10-18(19)22)20(14)13-15-5-3-2-4-6-15/h2-8H,9-13H2,1H3. The van der Waals surface area contributed by atoms with E-state index in [0.29, 0.717) is 25.8 Å². The first-order valence-corrected chi connectivity index (χ1v) is 7.67. The topological polar surface area (TPSA) is 42.3 Å². The molecule has 0 spiro atoms. The maximum Gasteiger partial charge on any atom is 0.229 e. The predicted octanol–water partition coefficient (Wildman–Crippen LogP) is 2.54. The van der Waals surface area contributed by atoms with E-state index in [1.807, 2.05) is 18.2 Å². The van der Waals surface area contributed by atoms with Crippen molar-refractivity contribution in [1.82, 2.24) is 9.47 Å². The summed E-state index contributed by atoms with van der Waals surface area (Å²) in [7, 11) is 0. The second kappa shape index (κ2) is 6.18. The molecule has 0 radical (unpaired) electrons. The van der Waals surface area contributed by atoms with Gasteiger partial charge in [0, 0.05) is 43.7 Å². The lowest BCUT2D eigenvalue weighted by atomic mass is 10.2. The highest BCUT2D eigenvalue weighted by Crippen LogP contribution is 2.16. The van der Waals surface area contributed by atoms with Crippen LogP contribution in [0.5, 0.6) is 0 Å². The molecule has 1 aliphatic rings. The maximum absolute atomic E-state index is 11.7. The molecule has 1 fully saturated rings. The summed E-state index contributed by atoms with van der Waals surface area (Å²) in [5.41, 5.74) is 3.60. The Labute approximate surface area is 130 Å². The van der Waals surface area contributed by atoms with Crippen LogP contribution in [0.1, 0.15) is 29.8 Å². The minimum Gasteiger partial charge on any atom is -0.344 e. The van der Waals surface area contributed by atoms with Crippen LogP contribution in [-0.2, 0) is 22.6 Å². The highest BCUT2D eigenvalue weighted by Gasteiger charge is 2.28. The molecule has 4 nitrogen and oxygen atoms in total. The van der Waals surface area contributed by atoms with Crippen molar-refractivity contribution in [3.8, 4) is 0 Å². The predicted molar refractivity (Wildman–Crippen MR) is 84.4 cm³/mol. The Kier molecular flexibility index (Phi) is 4.09. The van der Waals surface area contributed by atoms with Gasteiger partial charge in [0.15, 0.2) is 0 Å². The molecule has 0 saturated carbocycles. The van der Waals surface area contributed by atoms with Crippen molar-refractivity contribution in [2.45, 2.75) is 32.7 Å². The highest BCUT2D eigenvalue weighted by atomic mass is 16.2. The van der Waals surface area contributed by atoms with E-state index in [9.17, 15) is 9.59 Å². The lowest BCUT2D eigenvalue weighted by molar-refractivity contribution is -0.138. The van der Waals surface area contributed by atoms with Crippen LogP contribution in [0.25, 0.3) is 0 Å². The van der Waals surface area contributed by atoms with Crippen LogP contribution in [-0.4, -0.2) is 27.8 Å². The van der Waals surface area contributed by atoms with Crippen molar-refractivity contribution in [3.05, 3.63) is 59.4 Å². The fraction of sp³-hybridized carbons (Fsp3) is 0.333. The number of hydrogen-bond acceptors (Lipinski definition) is 2. The van der Waals surface area contributed by atoms with Crippen LogP contribution in [0.2, 0.25) is 0 Å². The molecule has 4 heteroatoms. The van der Waals surface area contributed by atoms with E-state index in [4.69, 9.17) is 0 Å². The Bertz CT molecular complexity index is 672. The van der Waals surface area contributed by atoms with Gasteiger partial charge in [-0.1, -0.05) is 30.3 Å². The quantitative estimate of drug-likeness (QED) is 0.796. The summed E-state index contributed by atoms with van der Waals surface area (Å²) in [5, 5.41) is 0. The molecule has 1 aromatic heterocycles. The number of rotatable bonds is 5. The smallest absolute Gasteiger partial charge is 0.229 e. The Morgan fingerprint density at radius 3 is 2.32 bits per heavy atom. The molecule has 0 aliphatic carbocycles. The molecule has 2 heterocycles. The zero-order valence-electron chi connectivity index (χ0n) is 12.8. The molecule has 0 atom stereocenters. The van der Waals surface area contributed by atoms with Gasteiger partial charge in [-0.2, -0.15) is 0 Å². The van der Waals surface area contributed by atoms with Crippen molar-refractivity contribution >= 4 is 11.8 Å². The van der Waals surface area contributed by atoms with E-state index in [0.717, 1.165) is 12.2 Å². The van der Waals surface area contributed by atoms with Crippen molar-refractivity contribution in [3.63, 3.8) is 0 Å². The summed E-state index contributed by atoms with van der Waals surface area (Å²) in [5.74, 6) is -0.0780. The van der Waals surface area contributed by atoms with Crippen LogP contribution < -0.4 is 0 Å². The first-order chi connectivity index (χ1) is 10.6. The SMILES string of the molecule is Cc1ccc(CCN2C(=O)CCC2=O)n1Cc1ccccc1. The van der Waals surface area contributed by atoms with Crippen molar-refractivity contribution in [2.24, 2.45) is 0 Å². The lowest BCUT2D eigenvalue weighted by Crippen LogP contribution is -2.31. The molecular weight excluding hydrogens is 276 g/mol. The lowest BCUT2D eigenvalue weighted by Gasteiger charge is -2.16. The monoisotopic (exact) mass is 296 g/mol. The van der Waals surface area contributed by atoms with Crippen LogP contribution in [0.15, 0.2) is 42.5 Å². The van der Waals surface area contributed by atoms with E-state index in [1.54, 1.807) is 0 Å². The third kappa shape index (κ3) is 2.96. The molecule has 2 aromatic rings. The maximum atomic E-state index is 11.7. The number of carbonyl (C=O) groups excluding carboxylic acids is 2. The number of likely N-dealkylation sites (tertiary alicyclic amines) is 1. The number of benzene rings is 1. The number of imide groups is 1. The highest BCUT2D eigenvalue weighted by molar-refractivity contribution is 6.01. The largest absolute Gasteiger partial charge is 0.344 e. The van der Waals surface area contributed by atoms with Gasteiger partial charge in [0.25, 0.3) is 0 Å². The Balaban J connectivity index is 1.72. The van der Waals surface area contributed by atoms with E-state index in [1.165, 1.54) is 16.2 Å². The number of aryl methyl sites for hydroxylation is 1. The van der Waals surface area contributed by atoms with Crippen LogP contribution in [0, 0.1) is 6.92 Å². The van der Waals surface area contributed by atoms with Crippen LogP contribution in [0.3, 0.4) is 0 Å². The Hall–Kier alpha value is -2.36. The number of carbonyl (C=O) groups is 2. The average Bonchev–Trinajstić information content (AvgIpc) is 3.03. The summed E-state index contributed by atoms with van der Waals surface area (Å²) in [6.07, 6.45) is 1.43. The van der Waals surface area contributed by atoms with E-state index in [2.05, 4.69) is 35.8 Å². The van der Waals surface area contributed by atoms with E-state index >= 15 is 0 Å². The summed E-state index contributed by atoms with van der Waals surface area (Å²) in [6.45, 7) is 3.38. The van der Waals surface area contributed by atoms with Crippen molar-refractivity contribution in [1.29, 1.82) is 0 Å². The fourth-order valence-electron chi connectivity index (χ4n) is 2.93. The van der Waals surface area contributed by atoms with Gasteiger partial charge in [0.2, 0.25) is 11.8 Å². The van der Waals surface area contributed by atoms with E-state index in [-0.39, 0.29) is 11.8 Å². The molecule has 114 valence electrons. The molecule has 1 aliphatic heterocycles. The van der Waals surface area contributed by atoms with Gasteiger partial charge < -0.3 is 4.57 Å². The molecule has 22 heavy (non-hydrogen) atoms. The molecule has 1 saturated heterocycles. The first-order valence-electron chi connectivity index (χ1n) is 7.67. The summed E-state index contributed by atoms with van der Waals surface area (Å²) < 4.78 is 2.25. The molecule has 0 bridgehead atoms. The number of aromatic nitrogens is 1. The molecular formula is C18H20N2O2. The molecule has 1 aromatic carbocycles. The summed E-state index contributed by atoms with van der Waals surface area (Å²) >= 11 is 0. The zero-order chi connectivity index (χ0) is 15.5. The van der Waals surface area contributed by atoms with Crippen molar-refractivity contribution in [2.75, 3.05) is 6.54 Å². The second-order valence-electron chi connectivity index (χ2n) is 5.73. The Morgan fingerprint density at radius 1 is 0.955 bits per heavy atom. The van der Waals surface area contributed by atoms with Gasteiger partial charge in [-0.05, 0) is 24.6 Å². The number of nitrogens with zero attached hydrogens (tertiary/aromatic N) is 2. The summed E-state index contributed by atoms with van der Waals surface area (Å²) in [6, 6.07) is 14.5. The minimum atomic E-state index is -0.0390. The Morgan fingerprint density at radius 2 is 1.64 bits per heavy atom. The third-order valence-corrected chi connectivity index (χ3v) is 4.22. The summed E-state index contributed by atoms with van der Waals surface area (Å²) in [4.78, 5) is 24.8. The zero-order valence-corrected chi connectivity index (χ0v) is 12.8. The van der Waals surface area contributed by atoms with Crippen LogP contribution >= 0.6 is 0 Å². The molecule has 0 unspecified atom stereocenters. The van der Waals surface area contributed by atoms with Gasteiger partial charge in [-0.15, -0.1) is 0 Å². The van der Waals surface area contributed by atoms with Gasteiger partial charge >= 0.3 is 0 Å². The normalized spacial score (nSPS) is 14.9. The molecule has 0 N–H and O–H groups in total. The molecule has 2 amide bonds. The van der Waals surface area contributed by atoms with Gasteiger partial charge in [-0.3, -0.25) is 14.5 Å². The van der Waals surface area contributed by atoms with Crippen molar-refractivity contribution < 1.29 is 9.59 Å². The van der Waals surface area contributed by atoms with Crippen LogP contribution in [0.4, 0.5) is 0 Å². The third-order valence-electron chi connectivity index (χ3n) is 4.22. The van der Waals surface area contributed by atoms with Gasteiger partial charge in [0.05, 0.1) is 0 Å². The number of amides is 2. The first kappa shape index (κ1) is 14.6. The fourth-order valence-corrected chi connectivity index (χ4v) is 2.93. The second-order valence-corrected chi connectivity index (χ2v) is 5.73. The molecule has 3 rings (SSSR count). The van der Waals surface area contributed by atoms with E-state index < -0.39 is 0 Å². The average molecular weight is 296 g/mol. The van der Waals surface area contributed by atoms with Gasteiger partial charge in [0.1, 0.15) is 0 Å². The minimum absolute atomic E-state index is 0.0390. The number of hydrogen-bond donors (Lipinski definition) is 0. The van der Waals surface area contributed by atoms with Gasteiger partial charge in [-0.25, -0.2) is 0 Å².